The first-order valence-electron chi connectivity index (χ1n) is 5.98. The Kier molecular flexibility index (Phi) is 4.73. The number of methoxy groups -OCH3 is 1. The minimum atomic E-state index is 0.393. The first-order valence-corrected chi connectivity index (χ1v) is 6.39. The SMILES string of the molecule is COc1cccc(NC(=S)N/N=C(/C)c2ccco2)c1. The summed E-state index contributed by atoms with van der Waals surface area (Å²) in [4.78, 5) is 0. The van der Waals surface area contributed by atoms with E-state index >= 15 is 0 Å². The van der Waals surface area contributed by atoms with E-state index in [0.29, 0.717) is 16.6 Å². The molecule has 1 aromatic carbocycles. The molecule has 0 atom stereocenters. The first-order chi connectivity index (χ1) is 9.69. The van der Waals surface area contributed by atoms with Crippen LogP contribution in [0.5, 0.6) is 5.75 Å². The van der Waals surface area contributed by atoms with Gasteiger partial charge in [0, 0.05) is 11.8 Å². The molecular formula is C14H15N3O2S. The summed E-state index contributed by atoms with van der Waals surface area (Å²) in [6.45, 7) is 1.83. The van der Waals surface area contributed by atoms with Crippen molar-refractivity contribution in [1.29, 1.82) is 0 Å². The van der Waals surface area contributed by atoms with Gasteiger partial charge in [-0.1, -0.05) is 6.07 Å². The molecule has 0 saturated carbocycles. The van der Waals surface area contributed by atoms with Crippen LogP contribution in [0.4, 0.5) is 5.69 Å². The molecule has 0 saturated heterocycles. The molecule has 0 spiro atoms. The lowest BCUT2D eigenvalue weighted by molar-refractivity contribution is 0.415. The van der Waals surface area contributed by atoms with E-state index in [4.69, 9.17) is 21.4 Å². The molecule has 0 aliphatic rings. The standard InChI is InChI=1S/C14H15N3O2S/c1-10(13-7-4-8-19-13)16-17-14(20)15-11-5-3-6-12(9-11)18-2/h3-9H,1-2H3,(H2,15,17,20)/b16-10-. The van der Waals surface area contributed by atoms with Gasteiger partial charge in [-0.15, -0.1) is 0 Å². The van der Waals surface area contributed by atoms with Crippen molar-refractivity contribution in [2.45, 2.75) is 6.92 Å². The monoisotopic (exact) mass is 289 g/mol. The topological polar surface area (TPSA) is 58.8 Å². The second kappa shape index (κ2) is 6.72. The summed E-state index contributed by atoms with van der Waals surface area (Å²) in [6.07, 6.45) is 1.60. The molecule has 0 amide bonds. The maximum Gasteiger partial charge on any atom is 0.191 e. The number of hydrogen-bond donors (Lipinski definition) is 2. The number of nitrogens with one attached hydrogen (secondary N) is 2. The van der Waals surface area contributed by atoms with Crippen LogP contribution >= 0.6 is 12.2 Å². The maximum absolute atomic E-state index is 5.23. The van der Waals surface area contributed by atoms with Crippen molar-refractivity contribution in [3.05, 3.63) is 48.4 Å². The van der Waals surface area contributed by atoms with E-state index in [0.717, 1.165) is 11.4 Å². The highest BCUT2D eigenvalue weighted by atomic mass is 32.1. The van der Waals surface area contributed by atoms with Gasteiger partial charge in [0.2, 0.25) is 0 Å². The molecule has 2 N–H and O–H groups in total. The molecule has 2 aromatic rings. The number of benzene rings is 1. The summed E-state index contributed by atoms with van der Waals surface area (Å²) in [7, 11) is 1.62. The Morgan fingerprint density at radius 1 is 1.30 bits per heavy atom. The third-order valence-electron chi connectivity index (χ3n) is 2.53. The molecule has 5 nitrogen and oxygen atoms in total. The first kappa shape index (κ1) is 14.1. The van der Waals surface area contributed by atoms with Gasteiger partial charge in [-0.2, -0.15) is 5.10 Å². The van der Waals surface area contributed by atoms with Crippen LogP contribution in [0.25, 0.3) is 0 Å². The van der Waals surface area contributed by atoms with Crippen molar-refractivity contribution in [2.24, 2.45) is 5.10 Å². The van der Waals surface area contributed by atoms with Crippen LogP contribution < -0.4 is 15.5 Å². The van der Waals surface area contributed by atoms with Crippen LogP contribution in [0.3, 0.4) is 0 Å². The summed E-state index contributed by atoms with van der Waals surface area (Å²) in [5, 5.41) is 7.56. The lowest BCUT2D eigenvalue weighted by Crippen LogP contribution is -2.24. The van der Waals surface area contributed by atoms with Crippen LogP contribution in [-0.2, 0) is 0 Å². The normalized spacial score (nSPS) is 11.0. The Morgan fingerprint density at radius 3 is 2.85 bits per heavy atom. The van der Waals surface area contributed by atoms with Gasteiger partial charge in [0.05, 0.1) is 13.4 Å². The van der Waals surface area contributed by atoms with Gasteiger partial charge in [0.15, 0.2) is 5.11 Å². The van der Waals surface area contributed by atoms with Gasteiger partial charge in [-0.05, 0) is 43.4 Å². The van der Waals surface area contributed by atoms with Crippen LogP contribution in [0.1, 0.15) is 12.7 Å². The predicted octanol–water partition coefficient (Wildman–Crippen LogP) is 3.00. The molecule has 1 heterocycles. The van der Waals surface area contributed by atoms with E-state index in [-0.39, 0.29) is 0 Å². The molecule has 0 unspecified atom stereocenters. The van der Waals surface area contributed by atoms with Crippen LogP contribution in [0.15, 0.2) is 52.2 Å². The smallest absolute Gasteiger partial charge is 0.191 e. The van der Waals surface area contributed by atoms with Crippen molar-refractivity contribution in [1.82, 2.24) is 5.43 Å². The van der Waals surface area contributed by atoms with Crippen LogP contribution in [0, 0.1) is 0 Å². The second-order valence-electron chi connectivity index (χ2n) is 3.97. The highest BCUT2D eigenvalue weighted by Crippen LogP contribution is 2.16. The molecule has 0 radical (unpaired) electrons. The van der Waals surface area contributed by atoms with Crippen molar-refractivity contribution >= 4 is 28.7 Å². The van der Waals surface area contributed by atoms with E-state index in [9.17, 15) is 0 Å². The molecular weight excluding hydrogens is 274 g/mol. The number of hydrazone groups is 1. The highest BCUT2D eigenvalue weighted by molar-refractivity contribution is 7.80. The molecule has 0 bridgehead atoms. The van der Waals surface area contributed by atoms with Crippen molar-refractivity contribution < 1.29 is 9.15 Å². The molecule has 0 aliphatic carbocycles. The zero-order valence-corrected chi connectivity index (χ0v) is 12.0. The Bertz CT molecular complexity index is 609. The molecule has 6 heteroatoms. The fourth-order valence-corrected chi connectivity index (χ4v) is 1.70. The summed E-state index contributed by atoms with van der Waals surface area (Å²) in [6, 6.07) is 11.1. The van der Waals surface area contributed by atoms with E-state index in [1.807, 2.05) is 37.3 Å². The van der Waals surface area contributed by atoms with Crippen LogP contribution in [-0.4, -0.2) is 17.9 Å². The molecule has 104 valence electrons. The van der Waals surface area contributed by atoms with E-state index < -0.39 is 0 Å². The summed E-state index contributed by atoms with van der Waals surface area (Å²) in [5.74, 6) is 1.45. The van der Waals surface area contributed by atoms with Gasteiger partial charge in [-0.3, -0.25) is 5.43 Å². The number of anilines is 1. The quantitative estimate of drug-likeness (QED) is 0.515. The second-order valence-corrected chi connectivity index (χ2v) is 4.38. The van der Waals surface area contributed by atoms with Crippen molar-refractivity contribution in [3.63, 3.8) is 0 Å². The third-order valence-corrected chi connectivity index (χ3v) is 2.72. The Labute approximate surface area is 122 Å². The lowest BCUT2D eigenvalue weighted by atomic mass is 10.3. The Morgan fingerprint density at radius 2 is 2.15 bits per heavy atom. The molecule has 2 rings (SSSR count). The van der Waals surface area contributed by atoms with Crippen LogP contribution in [0.2, 0.25) is 0 Å². The predicted molar refractivity (Wildman–Crippen MR) is 83.3 cm³/mol. The minimum absolute atomic E-state index is 0.393. The van der Waals surface area contributed by atoms with E-state index in [1.54, 1.807) is 19.4 Å². The number of thiocarbonyl (C=S) groups is 1. The largest absolute Gasteiger partial charge is 0.497 e. The maximum atomic E-state index is 5.23. The zero-order chi connectivity index (χ0) is 14.4. The van der Waals surface area contributed by atoms with Gasteiger partial charge in [0.1, 0.15) is 17.2 Å². The number of nitrogens with zero attached hydrogens (tertiary/aromatic N) is 1. The average Bonchev–Trinajstić information content (AvgIpc) is 2.99. The van der Waals surface area contributed by atoms with Crippen molar-refractivity contribution in [2.75, 3.05) is 12.4 Å². The number of furan rings is 1. The average molecular weight is 289 g/mol. The fraction of sp³-hybridized carbons (Fsp3) is 0.143. The highest BCUT2D eigenvalue weighted by Gasteiger charge is 2.01. The molecule has 1 aromatic heterocycles. The Balaban J connectivity index is 1.94. The molecule has 0 fully saturated rings. The number of hydrogen-bond acceptors (Lipinski definition) is 4. The van der Waals surface area contributed by atoms with Gasteiger partial charge in [-0.25, -0.2) is 0 Å². The summed E-state index contributed by atoms with van der Waals surface area (Å²) >= 11 is 5.16. The number of ether oxygens (including phenoxy) is 1. The fourth-order valence-electron chi connectivity index (χ4n) is 1.53. The van der Waals surface area contributed by atoms with Crippen molar-refractivity contribution in [3.8, 4) is 5.75 Å². The van der Waals surface area contributed by atoms with E-state index in [2.05, 4.69) is 15.8 Å². The van der Waals surface area contributed by atoms with Gasteiger partial charge >= 0.3 is 0 Å². The lowest BCUT2D eigenvalue weighted by Gasteiger charge is -2.08. The van der Waals surface area contributed by atoms with Gasteiger partial charge < -0.3 is 14.5 Å². The zero-order valence-electron chi connectivity index (χ0n) is 11.2. The number of rotatable bonds is 4. The Hall–Kier alpha value is -2.34. The molecule has 0 aliphatic heterocycles. The van der Waals surface area contributed by atoms with Gasteiger partial charge in [0.25, 0.3) is 0 Å². The summed E-state index contributed by atoms with van der Waals surface area (Å²) in [5.41, 5.74) is 4.30. The third kappa shape index (κ3) is 3.83. The summed E-state index contributed by atoms with van der Waals surface area (Å²) < 4.78 is 10.4. The minimum Gasteiger partial charge on any atom is -0.497 e. The molecule has 20 heavy (non-hydrogen) atoms. The van der Waals surface area contributed by atoms with E-state index in [1.165, 1.54) is 0 Å².